The number of hydrogen-bond donors (Lipinski definition) is 1. The maximum atomic E-state index is 13.3. The van der Waals surface area contributed by atoms with Crippen LogP contribution >= 0.6 is 22.6 Å². The first-order chi connectivity index (χ1) is 11.5. The molecule has 2 N–H and O–H groups in total. The van der Waals surface area contributed by atoms with Crippen LogP contribution in [-0.4, -0.2) is 15.7 Å². The van der Waals surface area contributed by atoms with Crippen molar-refractivity contribution in [2.75, 3.05) is 0 Å². The smallest absolute Gasteiger partial charge is 0.269 e. The Morgan fingerprint density at radius 3 is 2.62 bits per heavy atom. The van der Waals surface area contributed by atoms with Crippen LogP contribution in [0.2, 0.25) is 0 Å². The van der Waals surface area contributed by atoms with E-state index >= 15 is 0 Å². The van der Waals surface area contributed by atoms with Crippen molar-refractivity contribution in [2.24, 2.45) is 5.73 Å². The molecule has 1 amide bonds. The first-order valence-corrected chi connectivity index (χ1v) is 8.59. The summed E-state index contributed by atoms with van der Waals surface area (Å²) in [5.41, 5.74) is 10.5. The second kappa shape index (κ2) is 5.70. The summed E-state index contributed by atoms with van der Waals surface area (Å²) in [6.07, 6.45) is 1.55. The van der Waals surface area contributed by atoms with Crippen molar-refractivity contribution in [3.05, 3.63) is 68.7 Å². The molecule has 4 nitrogen and oxygen atoms in total. The van der Waals surface area contributed by atoms with Crippen molar-refractivity contribution in [3.8, 4) is 16.9 Å². The fraction of sp³-hybridized carbons (Fsp3) is 0.111. The standard InChI is InChI=1S/C18H13FIN3O/c19-11-3-6-13(7-4-11)23-17-14(16(22-23)18(21)24)8-2-10-1-5-12(20)9-15(10)17/h1,3-7,9H,2,8H2,(H2,21,24). The summed E-state index contributed by atoms with van der Waals surface area (Å²) in [6, 6.07) is 12.3. The van der Waals surface area contributed by atoms with Gasteiger partial charge in [0.15, 0.2) is 5.69 Å². The lowest BCUT2D eigenvalue weighted by Gasteiger charge is -2.19. The predicted octanol–water partition coefficient (Wildman–Crippen LogP) is 3.48. The quantitative estimate of drug-likeness (QED) is 0.630. The van der Waals surface area contributed by atoms with Gasteiger partial charge >= 0.3 is 0 Å². The highest BCUT2D eigenvalue weighted by Gasteiger charge is 2.28. The molecule has 0 fully saturated rings. The van der Waals surface area contributed by atoms with Crippen LogP contribution in [-0.2, 0) is 12.8 Å². The zero-order chi connectivity index (χ0) is 16.8. The molecule has 1 aliphatic carbocycles. The molecular weight excluding hydrogens is 420 g/mol. The van der Waals surface area contributed by atoms with Gasteiger partial charge in [-0.3, -0.25) is 4.79 Å². The molecule has 0 saturated heterocycles. The van der Waals surface area contributed by atoms with E-state index in [2.05, 4.69) is 45.9 Å². The topological polar surface area (TPSA) is 60.9 Å². The highest BCUT2D eigenvalue weighted by Crippen LogP contribution is 2.37. The van der Waals surface area contributed by atoms with Gasteiger partial charge in [-0.15, -0.1) is 0 Å². The monoisotopic (exact) mass is 433 g/mol. The van der Waals surface area contributed by atoms with E-state index in [1.54, 1.807) is 16.8 Å². The number of primary amides is 1. The SMILES string of the molecule is NC(=O)c1nn(-c2ccc(F)cc2)c2c1CCc1ccc(I)cc1-2. The second-order valence-electron chi connectivity index (χ2n) is 5.73. The molecule has 0 unspecified atom stereocenters. The van der Waals surface area contributed by atoms with Crippen molar-refractivity contribution in [1.82, 2.24) is 9.78 Å². The third-order valence-corrected chi connectivity index (χ3v) is 4.93. The summed E-state index contributed by atoms with van der Waals surface area (Å²) in [4.78, 5) is 11.8. The van der Waals surface area contributed by atoms with Crippen molar-refractivity contribution in [2.45, 2.75) is 12.8 Å². The van der Waals surface area contributed by atoms with Gasteiger partial charge in [-0.25, -0.2) is 9.07 Å². The number of amides is 1. The van der Waals surface area contributed by atoms with Gasteiger partial charge in [0.1, 0.15) is 5.82 Å². The molecule has 0 radical (unpaired) electrons. The molecule has 0 bridgehead atoms. The Balaban J connectivity index is 2.02. The zero-order valence-corrected chi connectivity index (χ0v) is 14.7. The Morgan fingerprint density at radius 1 is 1.17 bits per heavy atom. The summed E-state index contributed by atoms with van der Waals surface area (Å²) < 4.78 is 16.1. The van der Waals surface area contributed by atoms with Crippen LogP contribution in [0.3, 0.4) is 0 Å². The summed E-state index contributed by atoms with van der Waals surface area (Å²) in [5.74, 6) is -0.856. The minimum atomic E-state index is -0.541. The van der Waals surface area contributed by atoms with Crippen LogP contribution in [0.5, 0.6) is 0 Å². The highest BCUT2D eigenvalue weighted by molar-refractivity contribution is 14.1. The lowest BCUT2D eigenvalue weighted by atomic mass is 9.88. The Bertz CT molecular complexity index is 963. The van der Waals surface area contributed by atoms with Crippen molar-refractivity contribution >= 4 is 28.5 Å². The van der Waals surface area contributed by atoms with Crippen LogP contribution in [0.25, 0.3) is 16.9 Å². The Labute approximate surface area is 151 Å². The normalized spacial score (nSPS) is 12.6. The van der Waals surface area contributed by atoms with Gasteiger partial charge in [-0.2, -0.15) is 5.10 Å². The molecule has 1 heterocycles. The fourth-order valence-electron chi connectivity index (χ4n) is 3.18. The molecular formula is C18H13FIN3O. The number of fused-ring (bicyclic) bond motifs is 3. The molecule has 6 heteroatoms. The Kier molecular flexibility index (Phi) is 3.64. The number of carbonyl (C=O) groups excluding carboxylic acids is 1. The molecule has 3 aromatic rings. The van der Waals surface area contributed by atoms with E-state index in [4.69, 9.17) is 5.73 Å². The van der Waals surface area contributed by atoms with Crippen LogP contribution < -0.4 is 5.73 Å². The zero-order valence-electron chi connectivity index (χ0n) is 12.6. The Hall–Kier alpha value is -2.22. The maximum Gasteiger partial charge on any atom is 0.269 e. The van der Waals surface area contributed by atoms with Crippen LogP contribution in [0.4, 0.5) is 4.39 Å². The number of nitrogens with two attached hydrogens (primary N) is 1. The lowest BCUT2D eigenvalue weighted by Crippen LogP contribution is -2.15. The lowest BCUT2D eigenvalue weighted by molar-refractivity contribution is 0.0994. The summed E-state index contributed by atoms with van der Waals surface area (Å²) >= 11 is 2.26. The predicted molar refractivity (Wildman–Crippen MR) is 97.6 cm³/mol. The minimum absolute atomic E-state index is 0.291. The average Bonchev–Trinajstić information content (AvgIpc) is 2.96. The number of nitrogens with zero attached hydrogens (tertiary/aromatic N) is 2. The third-order valence-electron chi connectivity index (χ3n) is 4.26. The van der Waals surface area contributed by atoms with E-state index < -0.39 is 5.91 Å². The van der Waals surface area contributed by atoms with Gasteiger partial charge in [0, 0.05) is 14.7 Å². The summed E-state index contributed by atoms with van der Waals surface area (Å²) in [5, 5.41) is 4.44. The molecule has 24 heavy (non-hydrogen) atoms. The van der Waals surface area contributed by atoms with Crippen molar-refractivity contribution < 1.29 is 9.18 Å². The van der Waals surface area contributed by atoms with Gasteiger partial charge in [0.05, 0.1) is 11.4 Å². The number of carbonyl (C=O) groups is 1. The van der Waals surface area contributed by atoms with Crippen molar-refractivity contribution in [3.63, 3.8) is 0 Å². The van der Waals surface area contributed by atoms with Gasteiger partial charge in [-0.1, -0.05) is 6.07 Å². The van der Waals surface area contributed by atoms with Crippen molar-refractivity contribution in [1.29, 1.82) is 0 Å². The first kappa shape index (κ1) is 15.3. The Morgan fingerprint density at radius 2 is 1.92 bits per heavy atom. The average molecular weight is 433 g/mol. The van der Waals surface area contributed by atoms with Gasteiger partial charge < -0.3 is 5.73 Å². The number of hydrogen-bond acceptors (Lipinski definition) is 2. The van der Waals surface area contributed by atoms with E-state index in [-0.39, 0.29) is 5.82 Å². The van der Waals surface area contributed by atoms with E-state index in [9.17, 15) is 9.18 Å². The van der Waals surface area contributed by atoms with Crippen LogP contribution in [0.1, 0.15) is 21.6 Å². The molecule has 1 aliphatic rings. The maximum absolute atomic E-state index is 13.3. The number of benzene rings is 2. The molecule has 2 aromatic carbocycles. The molecule has 4 rings (SSSR count). The number of rotatable bonds is 2. The number of halogens is 2. The molecule has 0 spiro atoms. The van der Waals surface area contributed by atoms with Gasteiger partial charge in [0.2, 0.25) is 0 Å². The minimum Gasteiger partial charge on any atom is -0.364 e. The molecule has 0 saturated carbocycles. The number of aryl methyl sites for hydroxylation is 1. The van der Waals surface area contributed by atoms with Gasteiger partial charge in [0.25, 0.3) is 5.91 Å². The third kappa shape index (κ3) is 2.41. The van der Waals surface area contributed by atoms with E-state index in [1.165, 1.54) is 17.7 Å². The van der Waals surface area contributed by atoms with E-state index in [0.717, 1.165) is 26.8 Å². The largest absolute Gasteiger partial charge is 0.364 e. The van der Waals surface area contributed by atoms with Gasteiger partial charge in [-0.05, 0) is 77.4 Å². The van der Waals surface area contributed by atoms with E-state index in [1.807, 2.05) is 0 Å². The molecule has 0 aliphatic heterocycles. The number of aromatic nitrogens is 2. The second-order valence-corrected chi connectivity index (χ2v) is 6.98. The molecule has 0 atom stereocenters. The summed E-state index contributed by atoms with van der Waals surface area (Å²) in [6.45, 7) is 0. The van der Waals surface area contributed by atoms with Crippen LogP contribution in [0, 0.1) is 9.39 Å². The van der Waals surface area contributed by atoms with E-state index in [0.29, 0.717) is 17.8 Å². The fourth-order valence-corrected chi connectivity index (χ4v) is 3.67. The molecule has 1 aromatic heterocycles. The first-order valence-electron chi connectivity index (χ1n) is 7.51. The summed E-state index contributed by atoms with van der Waals surface area (Å²) in [7, 11) is 0. The van der Waals surface area contributed by atoms with Crippen LogP contribution in [0.15, 0.2) is 42.5 Å². The highest BCUT2D eigenvalue weighted by atomic mass is 127. The molecule has 120 valence electrons.